The van der Waals surface area contributed by atoms with Crippen molar-refractivity contribution in [3.8, 4) is 0 Å². The average molecular weight is 842 g/mol. The first-order valence-corrected chi connectivity index (χ1v) is 27.2. The molecule has 2 atom stereocenters. The van der Waals surface area contributed by atoms with E-state index in [2.05, 4.69) is 43.5 Å². The van der Waals surface area contributed by atoms with Crippen molar-refractivity contribution in [1.29, 1.82) is 0 Å². The molecule has 0 spiro atoms. The fourth-order valence-electron chi connectivity index (χ4n) is 8.43. The molecule has 0 aromatic rings. The number of carbonyl (C=O) groups is 1. The van der Waals surface area contributed by atoms with Gasteiger partial charge in [-0.3, -0.25) is 4.79 Å². The van der Waals surface area contributed by atoms with Crippen molar-refractivity contribution in [2.24, 2.45) is 0 Å². The highest BCUT2D eigenvalue weighted by Gasteiger charge is 2.18. The molecule has 0 aromatic heterocycles. The van der Waals surface area contributed by atoms with E-state index < -0.39 is 12.1 Å². The van der Waals surface area contributed by atoms with E-state index >= 15 is 0 Å². The molecule has 60 heavy (non-hydrogen) atoms. The number of aliphatic hydroxyl groups excluding tert-OH is 2. The van der Waals surface area contributed by atoms with Gasteiger partial charge in [0.2, 0.25) is 5.91 Å². The molecule has 0 aliphatic rings. The number of amides is 1. The van der Waals surface area contributed by atoms with Crippen molar-refractivity contribution < 1.29 is 15.0 Å². The molecule has 0 saturated carbocycles. The highest BCUT2D eigenvalue weighted by atomic mass is 16.3. The van der Waals surface area contributed by atoms with Gasteiger partial charge in [-0.1, -0.05) is 269 Å². The number of nitrogens with one attached hydrogen (secondary N) is 1. The summed E-state index contributed by atoms with van der Waals surface area (Å²) in [5, 5.41) is 23.0. The van der Waals surface area contributed by atoms with E-state index in [0.717, 1.165) is 32.1 Å². The van der Waals surface area contributed by atoms with Crippen molar-refractivity contribution in [2.75, 3.05) is 6.61 Å². The molecule has 0 radical (unpaired) electrons. The minimum atomic E-state index is -0.858. The topological polar surface area (TPSA) is 69.6 Å². The molecule has 354 valence electrons. The van der Waals surface area contributed by atoms with Crippen LogP contribution < -0.4 is 5.32 Å². The second-order valence-electron chi connectivity index (χ2n) is 18.6. The minimum absolute atomic E-state index is 0.0709. The quantitative estimate of drug-likeness (QED) is 0.0422. The molecule has 1 amide bonds. The first-order valence-electron chi connectivity index (χ1n) is 27.2. The van der Waals surface area contributed by atoms with Gasteiger partial charge in [-0.25, -0.2) is 0 Å². The first-order chi connectivity index (χ1) is 29.7. The van der Waals surface area contributed by atoms with Gasteiger partial charge in [-0.05, 0) is 57.8 Å². The van der Waals surface area contributed by atoms with E-state index in [9.17, 15) is 15.0 Å². The van der Waals surface area contributed by atoms with Crippen LogP contribution in [0.4, 0.5) is 0 Å². The zero-order chi connectivity index (χ0) is 43.5. The molecular formula is C56H107NO3. The predicted octanol–water partition coefficient (Wildman–Crippen LogP) is 17.7. The van der Waals surface area contributed by atoms with Crippen molar-refractivity contribution >= 4 is 5.91 Å². The van der Waals surface area contributed by atoms with E-state index in [1.54, 1.807) is 6.08 Å². The van der Waals surface area contributed by atoms with Crippen LogP contribution in [0.2, 0.25) is 0 Å². The third kappa shape index (κ3) is 47.7. The summed E-state index contributed by atoms with van der Waals surface area (Å²) < 4.78 is 0. The number of unbranched alkanes of at least 4 members (excludes halogenated alkanes) is 39. The molecule has 0 aromatic carbocycles. The normalized spacial score (nSPS) is 13.1. The second kappa shape index (κ2) is 52.0. The maximum Gasteiger partial charge on any atom is 0.220 e. The molecule has 4 nitrogen and oxygen atoms in total. The van der Waals surface area contributed by atoms with Gasteiger partial charge in [-0.2, -0.15) is 0 Å². The average Bonchev–Trinajstić information content (AvgIpc) is 3.25. The van der Waals surface area contributed by atoms with Gasteiger partial charge >= 0.3 is 0 Å². The van der Waals surface area contributed by atoms with Gasteiger partial charge in [0.05, 0.1) is 18.8 Å². The van der Waals surface area contributed by atoms with Crippen LogP contribution in [-0.2, 0) is 4.79 Å². The Balaban J connectivity index is 3.37. The van der Waals surface area contributed by atoms with Crippen molar-refractivity contribution in [3.63, 3.8) is 0 Å². The number of hydrogen-bond donors (Lipinski definition) is 3. The van der Waals surface area contributed by atoms with Crippen LogP contribution in [-0.4, -0.2) is 34.9 Å². The molecule has 0 fully saturated rings. The summed E-state index contributed by atoms with van der Waals surface area (Å²) in [7, 11) is 0. The Labute approximate surface area is 376 Å². The minimum Gasteiger partial charge on any atom is -0.394 e. The molecule has 0 bridgehead atoms. The molecule has 0 aliphatic heterocycles. The lowest BCUT2D eigenvalue weighted by molar-refractivity contribution is -0.123. The second-order valence-corrected chi connectivity index (χ2v) is 18.6. The highest BCUT2D eigenvalue weighted by Crippen LogP contribution is 2.17. The third-order valence-electron chi connectivity index (χ3n) is 12.6. The zero-order valence-electron chi connectivity index (χ0n) is 40.7. The Morgan fingerprint density at radius 2 is 0.650 bits per heavy atom. The Morgan fingerprint density at radius 1 is 0.383 bits per heavy atom. The Morgan fingerprint density at radius 3 is 0.967 bits per heavy atom. The van der Waals surface area contributed by atoms with Crippen molar-refractivity contribution in [1.82, 2.24) is 5.32 Å². The van der Waals surface area contributed by atoms with E-state index in [-0.39, 0.29) is 12.5 Å². The first kappa shape index (κ1) is 58.6. The SMILES string of the molecule is CCCCCCC/C=C/CC/C=C/C(O)C(CO)NC(=O)CCCCCCCCCCCCCCCCCCCCCCCCCCC/C=C\CCCCCCCCCC. The number of hydrogen-bond acceptors (Lipinski definition) is 3. The summed E-state index contributed by atoms with van der Waals surface area (Å²) in [5.41, 5.74) is 0. The lowest BCUT2D eigenvalue weighted by Gasteiger charge is -2.19. The molecule has 0 heterocycles. The number of aliphatic hydroxyl groups is 2. The summed E-state index contributed by atoms with van der Waals surface area (Å²) in [6, 6.07) is -0.635. The summed E-state index contributed by atoms with van der Waals surface area (Å²) in [6.07, 6.45) is 70.4. The molecule has 0 saturated heterocycles. The van der Waals surface area contributed by atoms with Crippen LogP contribution >= 0.6 is 0 Å². The van der Waals surface area contributed by atoms with Crippen molar-refractivity contribution in [3.05, 3.63) is 36.5 Å². The number of carbonyl (C=O) groups excluding carboxylic acids is 1. The van der Waals surface area contributed by atoms with Crippen LogP contribution in [0.15, 0.2) is 36.5 Å². The predicted molar refractivity (Wildman–Crippen MR) is 267 cm³/mol. The van der Waals surface area contributed by atoms with Gasteiger partial charge in [0.25, 0.3) is 0 Å². The van der Waals surface area contributed by atoms with E-state index in [1.807, 2.05) is 6.08 Å². The number of rotatable bonds is 50. The summed E-state index contributed by atoms with van der Waals surface area (Å²) >= 11 is 0. The Bertz CT molecular complexity index is 912. The van der Waals surface area contributed by atoms with E-state index in [0.29, 0.717) is 6.42 Å². The molecule has 3 N–H and O–H groups in total. The smallest absolute Gasteiger partial charge is 0.220 e. The monoisotopic (exact) mass is 842 g/mol. The summed E-state index contributed by atoms with van der Waals surface area (Å²) in [6.45, 7) is 4.29. The van der Waals surface area contributed by atoms with Gasteiger partial charge in [-0.15, -0.1) is 0 Å². The highest BCUT2D eigenvalue weighted by molar-refractivity contribution is 5.76. The van der Waals surface area contributed by atoms with Gasteiger partial charge < -0.3 is 15.5 Å². The zero-order valence-corrected chi connectivity index (χ0v) is 40.7. The van der Waals surface area contributed by atoms with Crippen LogP contribution in [0.25, 0.3) is 0 Å². The lowest BCUT2D eigenvalue weighted by Crippen LogP contribution is -2.45. The molecule has 4 heteroatoms. The maximum absolute atomic E-state index is 12.4. The van der Waals surface area contributed by atoms with Crippen molar-refractivity contribution in [2.45, 2.75) is 309 Å². The number of allylic oxidation sites excluding steroid dienone is 5. The molecule has 2 unspecified atom stereocenters. The van der Waals surface area contributed by atoms with Crippen LogP contribution in [0.1, 0.15) is 296 Å². The van der Waals surface area contributed by atoms with Gasteiger partial charge in [0.15, 0.2) is 0 Å². The van der Waals surface area contributed by atoms with Gasteiger partial charge in [0.1, 0.15) is 0 Å². The van der Waals surface area contributed by atoms with Gasteiger partial charge in [0, 0.05) is 6.42 Å². The summed E-state index contributed by atoms with van der Waals surface area (Å²) in [4.78, 5) is 12.4. The molecule has 0 aliphatic carbocycles. The fourth-order valence-corrected chi connectivity index (χ4v) is 8.43. The summed E-state index contributed by atoms with van der Waals surface area (Å²) in [5.74, 6) is -0.0709. The Hall–Kier alpha value is -1.39. The molecular weight excluding hydrogens is 735 g/mol. The lowest BCUT2D eigenvalue weighted by atomic mass is 10.0. The van der Waals surface area contributed by atoms with Crippen LogP contribution in [0, 0.1) is 0 Å². The fraction of sp³-hybridized carbons (Fsp3) is 0.875. The van der Waals surface area contributed by atoms with Crippen LogP contribution in [0.5, 0.6) is 0 Å². The van der Waals surface area contributed by atoms with E-state index in [4.69, 9.17) is 0 Å². The molecule has 0 rings (SSSR count). The largest absolute Gasteiger partial charge is 0.394 e. The standard InChI is InChI=1S/C56H107NO3/c1-3-5-7-9-11-13-15-16-17-18-19-20-21-22-23-24-25-26-27-28-29-30-31-32-33-34-35-36-37-38-39-40-42-44-46-48-50-52-56(60)57-54(53-58)55(59)51-49-47-45-43-41-14-12-10-8-6-4-2/h18-19,41,43,49,51,54-55,58-59H,3-17,20-40,42,44-48,50,52-53H2,1-2H3,(H,57,60)/b19-18-,43-41+,51-49+. The Kier molecular flexibility index (Phi) is 50.8. The van der Waals surface area contributed by atoms with Crippen LogP contribution in [0.3, 0.4) is 0 Å². The maximum atomic E-state index is 12.4. The third-order valence-corrected chi connectivity index (χ3v) is 12.6. The van der Waals surface area contributed by atoms with E-state index in [1.165, 1.54) is 244 Å².